The van der Waals surface area contributed by atoms with Crippen molar-refractivity contribution in [3.63, 3.8) is 0 Å². The molecular formula is C12H15NO4. The number of benzene rings is 1. The third kappa shape index (κ3) is 2.96. The minimum atomic E-state index is -1.30. The summed E-state index contributed by atoms with van der Waals surface area (Å²) in [5, 5.41) is 20.7. The van der Waals surface area contributed by atoms with Crippen LogP contribution in [0.25, 0.3) is 0 Å². The maximum Gasteiger partial charge on any atom is 0.329 e. The first-order valence-electron chi connectivity index (χ1n) is 5.24. The zero-order valence-electron chi connectivity index (χ0n) is 9.73. The maximum atomic E-state index is 11.8. The third-order valence-electron chi connectivity index (χ3n) is 2.68. The molecule has 1 unspecified atom stereocenters. The van der Waals surface area contributed by atoms with Gasteiger partial charge in [0.25, 0.3) is 5.91 Å². The lowest BCUT2D eigenvalue weighted by Gasteiger charge is -2.24. The normalized spacial score (nSPS) is 13.8. The lowest BCUT2D eigenvalue weighted by Crippen LogP contribution is -2.51. The number of phenolic OH excluding ortho intramolecular Hbond substituents is 1. The third-order valence-corrected chi connectivity index (χ3v) is 2.68. The van der Waals surface area contributed by atoms with E-state index in [2.05, 4.69) is 5.32 Å². The first kappa shape index (κ1) is 13.0. The van der Waals surface area contributed by atoms with Crippen LogP contribution in [0, 0.1) is 0 Å². The first-order chi connectivity index (χ1) is 7.89. The molecule has 1 rings (SSSR count). The van der Waals surface area contributed by atoms with Gasteiger partial charge in [-0.3, -0.25) is 4.79 Å². The van der Waals surface area contributed by atoms with Crippen LogP contribution in [0.1, 0.15) is 30.6 Å². The van der Waals surface area contributed by atoms with Gasteiger partial charge in [0.15, 0.2) is 0 Å². The fourth-order valence-electron chi connectivity index (χ4n) is 1.26. The Bertz CT molecular complexity index is 444. The van der Waals surface area contributed by atoms with Crippen LogP contribution in [-0.4, -0.2) is 27.6 Å². The van der Waals surface area contributed by atoms with E-state index < -0.39 is 17.4 Å². The van der Waals surface area contributed by atoms with Gasteiger partial charge in [0.2, 0.25) is 0 Å². The van der Waals surface area contributed by atoms with Crippen molar-refractivity contribution in [2.75, 3.05) is 0 Å². The Hall–Kier alpha value is -2.04. The molecule has 0 spiro atoms. The average molecular weight is 237 g/mol. The van der Waals surface area contributed by atoms with Crippen LogP contribution < -0.4 is 5.32 Å². The van der Waals surface area contributed by atoms with Gasteiger partial charge < -0.3 is 15.5 Å². The van der Waals surface area contributed by atoms with Crippen LogP contribution in [0.15, 0.2) is 24.3 Å². The molecule has 0 aliphatic heterocycles. The summed E-state index contributed by atoms with van der Waals surface area (Å²) in [5.74, 6) is -1.65. The molecule has 17 heavy (non-hydrogen) atoms. The van der Waals surface area contributed by atoms with E-state index in [9.17, 15) is 14.7 Å². The number of carbonyl (C=O) groups excluding carboxylic acids is 1. The summed E-state index contributed by atoms with van der Waals surface area (Å²) in [5.41, 5.74) is -1.08. The second-order valence-corrected chi connectivity index (χ2v) is 4.00. The molecule has 0 bridgehead atoms. The summed E-state index contributed by atoms with van der Waals surface area (Å²) < 4.78 is 0. The van der Waals surface area contributed by atoms with Crippen molar-refractivity contribution in [1.29, 1.82) is 0 Å². The molecule has 0 saturated heterocycles. The molecule has 5 heteroatoms. The van der Waals surface area contributed by atoms with E-state index in [1.165, 1.54) is 31.2 Å². The summed E-state index contributed by atoms with van der Waals surface area (Å²) >= 11 is 0. The SMILES string of the molecule is CCC(C)(NC(=O)c1cccc(O)c1)C(=O)O. The van der Waals surface area contributed by atoms with Gasteiger partial charge in [-0.25, -0.2) is 4.79 Å². The smallest absolute Gasteiger partial charge is 0.329 e. The van der Waals surface area contributed by atoms with E-state index in [1.54, 1.807) is 6.92 Å². The van der Waals surface area contributed by atoms with Crippen molar-refractivity contribution >= 4 is 11.9 Å². The highest BCUT2D eigenvalue weighted by molar-refractivity contribution is 5.98. The van der Waals surface area contributed by atoms with E-state index in [0.29, 0.717) is 0 Å². The minimum Gasteiger partial charge on any atom is -0.508 e. The van der Waals surface area contributed by atoms with Crippen LogP contribution in [0.3, 0.4) is 0 Å². The molecule has 1 atom stereocenters. The predicted molar refractivity (Wildman–Crippen MR) is 61.9 cm³/mol. The zero-order chi connectivity index (χ0) is 13.1. The number of phenols is 1. The molecule has 1 amide bonds. The number of carbonyl (C=O) groups is 2. The molecule has 92 valence electrons. The van der Waals surface area contributed by atoms with Gasteiger partial charge in [0, 0.05) is 5.56 Å². The number of aromatic hydroxyl groups is 1. The Morgan fingerprint density at radius 3 is 2.53 bits per heavy atom. The Labute approximate surface area is 99.1 Å². The second kappa shape index (κ2) is 4.86. The van der Waals surface area contributed by atoms with Crippen LogP contribution in [0.4, 0.5) is 0 Å². The van der Waals surface area contributed by atoms with Crippen LogP contribution in [-0.2, 0) is 4.79 Å². The predicted octanol–water partition coefficient (Wildman–Crippen LogP) is 1.38. The summed E-state index contributed by atoms with van der Waals surface area (Å²) in [7, 11) is 0. The van der Waals surface area contributed by atoms with Gasteiger partial charge in [-0.2, -0.15) is 0 Å². The van der Waals surface area contributed by atoms with Gasteiger partial charge in [0.1, 0.15) is 11.3 Å². The Kier molecular flexibility index (Phi) is 3.73. The summed E-state index contributed by atoms with van der Waals surface area (Å²) in [4.78, 5) is 22.8. The van der Waals surface area contributed by atoms with E-state index in [1.807, 2.05) is 0 Å². The molecule has 0 saturated carbocycles. The van der Waals surface area contributed by atoms with Crippen molar-refractivity contribution < 1.29 is 19.8 Å². The van der Waals surface area contributed by atoms with Crippen LogP contribution in [0.2, 0.25) is 0 Å². The number of nitrogens with one attached hydrogen (secondary N) is 1. The van der Waals surface area contributed by atoms with Crippen LogP contribution >= 0.6 is 0 Å². The molecule has 0 radical (unpaired) electrons. The number of rotatable bonds is 4. The topological polar surface area (TPSA) is 86.6 Å². The molecular weight excluding hydrogens is 222 g/mol. The molecule has 3 N–H and O–H groups in total. The average Bonchev–Trinajstić information content (AvgIpc) is 2.28. The first-order valence-corrected chi connectivity index (χ1v) is 5.24. The quantitative estimate of drug-likeness (QED) is 0.738. The number of carboxylic acids is 1. The number of hydrogen-bond acceptors (Lipinski definition) is 3. The maximum absolute atomic E-state index is 11.8. The van der Waals surface area contributed by atoms with Crippen molar-refractivity contribution in [2.45, 2.75) is 25.8 Å². The fraction of sp³-hybridized carbons (Fsp3) is 0.333. The molecule has 5 nitrogen and oxygen atoms in total. The van der Waals surface area contributed by atoms with E-state index in [4.69, 9.17) is 5.11 Å². The number of hydrogen-bond donors (Lipinski definition) is 3. The molecule has 0 heterocycles. The van der Waals surface area contributed by atoms with E-state index >= 15 is 0 Å². The Balaban J connectivity index is 2.89. The summed E-state index contributed by atoms with van der Waals surface area (Å²) in [6, 6.07) is 5.75. The van der Waals surface area contributed by atoms with Crippen molar-refractivity contribution in [3.8, 4) is 5.75 Å². The lowest BCUT2D eigenvalue weighted by atomic mass is 9.98. The molecule has 0 aromatic heterocycles. The molecule has 0 aliphatic rings. The van der Waals surface area contributed by atoms with Gasteiger partial charge in [-0.05, 0) is 31.5 Å². The van der Waals surface area contributed by atoms with Gasteiger partial charge in [0.05, 0.1) is 0 Å². The Morgan fingerprint density at radius 2 is 2.06 bits per heavy atom. The Morgan fingerprint density at radius 1 is 1.41 bits per heavy atom. The van der Waals surface area contributed by atoms with Gasteiger partial charge in [-0.15, -0.1) is 0 Å². The number of amides is 1. The highest BCUT2D eigenvalue weighted by atomic mass is 16.4. The molecule has 0 aliphatic carbocycles. The van der Waals surface area contributed by atoms with E-state index in [0.717, 1.165) is 0 Å². The largest absolute Gasteiger partial charge is 0.508 e. The highest BCUT2D eigenvalue weighted by Crippen LogP contribution is 2.14. The van der Waals surface area contributed by atoms with Crippen LogP contribution in [0.5, 0.6) is 5.75 Å². The molecule has 0 fully saturated rings. The zero-order valence-corrected chi connectivity index (χ0v) is 9.73. The second-order valence-electron chi connectivity index (χ2n) is 4.00. The monoisotopic (exact) mass is 237 g/mol. The van der Waals surface area contributed by atoms with Crippen molar-refractivity contribution in [1.82, 2.24) is 5.32 Å². The fourth-order valence-corrected chi connectivity index (χ4v) is 1.26. The van der Waals surface area contributed by atoms with Gasteiger partial charge in [-0.1, -0.05) is 13.0 Å². The minimum absolute atomic E-state index is 0.0359. The molecule has 1 aromatic rings. The van der Waals surface area contributed by atoms with Gasteiger partial charge >= 0.3 is 5.97 Å². The lowest BCUT2D eigenvalue weighted by molar-refractivity contribution is -0.143. The molecule has 1 aromatic carbocycles. The number of carboxylic acid groups (broad SMARTS) is 1. The standard InChI is InChI=1S/C12H15NO4/c1-3-12(2,11(16)17)13-10(15)8-5-4-6-9(14)7-8/h4-7,14H,3H2,1-2H3,(H,13,15)(H,16,17). The van der Waals surface area contributed by atoms with Crippen molar-refractivity contribution in [3.05, 3.63) is 29.8 Å². The number of aliphatic carboxylic acids is 1. The van der Waals surface area contributed by atoms with Crippen molar-refractivity contribution in [2.24, 2.45) is 0 Å². The van der Waals surface area contributed by atoms with E-state index in [-0.39, 0.29) is 17.7 Å². The summed E-state index contributed by atoms with van der Waals surface area (Å²) in [6.07, 6.45) is 0.271. The highest BCUT2D eigenvalue weighted by Gasteiger charge is 2.32. The summed E-state index contributed by atoms with van der Waals surface area (Å²) in [6.45, 7) is 3.12.